The second-order valence-corrected chi connectivity index (χ2v) is 5.91. The van der Waals surface area contributed by atoms with Crippen LogP contribution in [0.25, 0.3) is 0 Å². The Balaban J connectivity index is 1.37. The van der Waals surface area contributed by atoms with Gasteiger partial charge in [0, 0.05) is 12.5 Å². The molecule has 5 unspecified atom stereocenters. The van der Waals surface area contributed by atoms with Crippen molar-refractivity contribution in [2.24, 2.45) is 5.92 Å². The molecule has 3 nitrogen and oxygen atoms in total. The van der Waals surface area contributed by atoms with Crippen LogP contribution in [0.4, 0.5) is 0 Å². The molecule has 17 heavy (non-hydrogen) atoms. The van der Waals surface area contributed by atoms with Crippen molar-refractivity contribution in [3.63, 3.8) is 0 Å². The fraction of sp³-hybridized carbons (Fsp3) is 1.00. The summed E-state index contributed by atoms with van der Waals surface area (Å²) in [5.41, 5.74) is 0. The van der Waals surface area contributed by atoms with Gasteiger partial charge in [-0.25, -0.2) is 0 Å². The van der Waals surface area contributed by atoms with Crippen molar-refractivity contribution < 1.29 is 14.6 Å². The maximum atomic E-state index is 10.2. The highest BCUT2D eigenvalue weighted by Crippen LogP contribution is 2.41. The molecule has 0 amide bonds. The first-order valence-electron chi connectivity index (χ1n) is 7.28. The highest BCUT2D eigenvalue weighted by atomic mass is 16.5. The number of ether oxygens (including phenoxy) is 2. The Morgan fingerprint density at radius 2 is 2.18 bits per heavy atom. The van der Waals surface area contributed by atoms with E-state index in [1.165, 1.54) is 19.3 Å². The van der Waals surface area contributed by atoms with Crippen LogP contribution in [0.5, 0.6) is 0 Å². The average Bonchev–Trinajstić information content (AvgIpc) is 3.05. The van der Waals surface area contributed by atoms with Crippen LogP contribution in [0.15, 0.2) is 0 Å². The highest BCUT2D eigenvalue weighted by Gasteiger charge is 2.43. The zero-order chi connectivity index (χ0) is 11.7. The summed E-state index contributed by atoms with van der Waals surface area (Å²) in [6.45, 7) is 0.938. The van der Waals surface area contributed by atoms with Gasteiger partial charge < -0.3 is 14.6 Å². The number of hydrogen-bond donors (Lipinski definition) is 1. The summed E-state index contributed by atoms with van der Waals surface area (Å²) in [6, 6.07) is 0. The molecule has 3 aliphatic rings. The topological polar surface area (TPSA) is 38.7 Å². The van der Waals surface area contributed by atoms with E-state index in [0.717, 1.165) is 38.7 Å². The van der Waals surface area contributed by atoms with Gasteiger partial charge in [0.2, 0.25) is 0 Å². The van der Waals surface area contributed by atoms with Crippen LogP contribution in [0, 0.1) is 5.92 Å². The first-order valence-corrected chi connectivity index (χ1v) is 7.28. The molecule has 0 radical (unpaired) electrons. The molecule has 3 rings (SSSR count). The fourth-order valence-electron chi connectivity index (χ4n) is 3.72. The van der Waals surface area contributed by atoms with E-state index in [1.807, 2.05) is 0 Å². The summed E-state index contributed by atoms with van der Waals surface area (Å²) >= 11 is 0. The van der Waals surface area contributed by atoms with Crippen molar-refractivity contribution in [2.45, 2.75) is 75.8 Å². The van der Waals surface area contributed by atoms with Crippen molar-refractivity contribution in [1.82, 2.24) is 0 Å². The van der Waals surface area contributed by atoms with E-state index in [2.05, 4.69) is 0 Å². The van der Waals surface area contributed by atoms with Crippen molar-refractivity contribution in [3.8, 4) is 0 Å². The van der Waals surface area contributed by atoms with E-state index in [-0.39, 0.29) is 6.10 Å². The van der Waals surface area contributed by atoms with Crippen molar-refractivity contribution in [1.29, 1.82) is 0 Å². The SMILES string of the molecule is OC(CCCC1CCCO1)C1CC2CCC1O2. The molecule has 3 aliphatic heterocycles. The Morgan fingerprint density at radius 1 is 1.24 bits per heavy atom. The maximum absolute atomic E-state index is 10.2. The van der Waals surface area contributed by atoms with E-state index in [9.17, 15) is 5.11 Å². The van der Waals surface area contributed by atoms with Gasteiger partial charge in [0.15, 0.2) is 0 Å². The molecule has 3 fully saturated rings. The number of aliphatic hydroxyl groups excluding tert-OH is 1. The minimum Gasteiger partial charge on any atom is -0.393 e. The number of fused-ring (bicyclic) bond motifs is 2. The minimum absolute atomic E-state index is 0.147. The Kier molecular flexibility index (Phi) is 3.69. The van der Waals surface area contributed by atoms with Gasteiger partial charge in [-0.05, 0) is 51.4 Å². The third kappa shape index (κ3) is 2.67. The number of aliphatic hydroxyl groups is 1. The Hall–Kier alpha value is -0.120. The molecule has 0 aromatic rings. The normalized spacial score (nSPS) is 42.2. The van der Waals surface area contributed by atoms with E-state index in [0.29, 0.717) is 24.2 Å². The fourth-order valence-corrected chi connectivity index (χ4v) is 3.72. The van der Waals surface area contributed by atoms with Crippen LogP contribution >= 0.6 is 0 Å². The van der Waals surface area contributed by atoms with Gasteiger partial charge in [-0.15, -0.1) is 0 Å². The van der Waals surface area contributed by atoms with Gasteiger partial charge in [-0.3, -0.25) is 0 Å². The molecule has 3 heterocycles. The molecule has 1 N–H and O–H groups in total. The first-order chi connectivity index (χ1) is 8.33. The molecule has 5 atom stereocenters. The highest BCUT2D eigenvalue weighted by molar-refractivity contribution is 4.92. The molecular weight excluding hydrogens is 216 g/mol. The summed E-state index contributed by atoms with van der Waals surface area (Å²) in [4.78, 5) is 0. The third-order valence-electron chi connectivity index (χ3n) is 4.70. The second kappa shape index (κ2) is 5.25. The maximum Gasteiger partial charge on any atom is 0.0633 e. The van der Waals surface area contributed by atoms with Crippen LogP contribution in [-0.2, 0) is 9.47 Å². The van der Waals surface area contributed by atoms with Crippen LogP contribution in [-0.4, -0.2) is 36.1 Å². The molecule has 0 saturated carbocycles. The molecule has 3 saturated heterocycles. The molecule has 3 heteroatoms. The number of rotatable bonds is 5. The second-order valence-electron chi connectivity index (χ2n) is 5.91. The van der Waals surface area contributed by atoms with Crippen LogP contribution in [0.1, 0.15) is 51.4 Å². The summed E-state index contributed by atoms with van der Waals surface area (Å²) in [5.74, 6) is 0.415. The number of hydrogen-bond acceptors (Lipinski definition) is 3. The zero-order valence-electron chi connectivity index (χ0n) is 10.5. The quantitative estimate of drug-likeness (QED) is 0.801. The van der Waals surface area contributed by atoms with Crippen LogP contribution in [0.3, 0.4) is 0 Å². The van der Waals surface area contributed by atoms with Gasteiger partial charge in [0.1, 0.15) is 0 Å². The monoisotopic (exact) mass is 240 g/mol. The Labute approximate surface area is 103 Å². The van der Waals surface area contributed by atoms with Crippen LogP contribution < -0.4 is 0 Å². The van der Waals surface area contributed by atoms with Crippen LogP contribution in [0.2, 0.25) is 0 Å². The molecular formula is C14H24O3. The predicted molar refractivity (Wildman–Crippen MR) is 64.8 cm³/mol. The van der Waals surface area contributed by atoms with Crippen molar-refractivity contribution in [3.05, 3.63) is 0 Å². The lowest BCUT2D eigenvalue weighted by atomic mass is 9.83. The average molecular weight is 240 g/mol. The predicted octanol–water partition coefficient (Wildman–Crippen LogP) is 2.26. The largest absolute Gasteiger partial charge is 0.393 e. The van der Waals surface area contributed by atoms with E-state index < -0.39 is 0 Å². The lowest BCUT2D eigenvalue weighted by Crippen LogP contribution is -2.29. The van der Waals surface area contributed by atoms with E-state index in [1.54, 1.807) is 0 Å². The van der Waals surface area contributed by atoms with E-state index >= 15 is 0 Å². The smallest absolute Gasteiger partial charge is 0.0633 e. The Bertz CT molecular complexity index is 250. The standard InChI is InChI=1S/C14H24O3/c15-13(5-1-3-10-4-2-8-16-10)12-9-11-6-7-14(12)17-11/h10-15H,1-9H2. The summed E-state index contributed by atoms with van der Waals surface area (Å²) in [6.07, 6.45) is 10.2. The Morgan fingerprint density at radius 3 is 2.82 bits per heavy atom. The first kappa shape index (κ1) is 11.9. The molecule has 0 aromatic carbocycles. The lowest BCUT2D eigenvalue weighted by molar-refractivity contribution is 0.0343. The summed E-state index contributed by atoms with van der Waals surface area (Å²) in [5, 5.41) is 10.2. The van der Waals surface area contributed by atoms with Gasteiger partial charge in [0.25, 0.3) is 0 Å². The lowest BCUT2D eigenvalue weighted by Gasteiger charge is -2.24. The minimum atomic E-state index is -0.147. The summed E-state index contributed by atoms with van der Waals surface area (Å²) in [7, 11) is 0. The van der Waals surface area contributed by atoms with Crippen molar-refractivity contribution >= 4 is 0 Å². The molecule has 2 bridgehead atoms. The van der Waals surface area contributed by atoms with Gasteiger partial charge in [-0.2, -0.15) is 0 Å². The van der Waals surface area contributed by atoms with Gasteiger partial charge in [0.05, 0.1) is 24.4 Å². The molecule has 0 aliphatic carbocycles. The van der Waals surface area contributed by atoms with Gasteiger partial charge in [-0.1, -0.05) is 0 Å². The third-order valence-corrected chi connectivity index (χ3v) is 4.70. The van der Waals surface area contributed by atoms with E-state index in [4.69, 9.17) is 9.47 Å². The summed E-state index contributed by atoms with van der Waals surface area (Å²) < 4.78 is 11.4. The zero-order valence-corrected chi connectivity index (χ0v) is 10.5. The molecule has 0 spiro atoms. The van der Waals surface area contributed by atoms with Crippen molar-refractivity contribution in [2.75, 3.05) is 6.61 Å². The molecule has 98 valence electrons. The molecule has 0 aromatic heterocycles. The van der Waals surface area contributed by atoms with Gasteiger partial charge >= 0.3 is 0 Å².